The third-order valence-electron chi connectivity index (χ3n) is 6.23. The highest BCUT2D eigenvalue weighted by Crippen LogP contribution is 2.21. The summed E-state index contributed by atoms with van der Waals surface area (Å²) in [6, 6.07) is 21.2. The standard InChI is InChI=1S/C30H37N5O4.C2HF3O2/c1-3-4-5-9-27(36)35-28(29(37)33-19-21-10-14-24(15-11-21)34-30(31)32)23-12-16-25(17-13-23)39-20-22-7-6-8-26(18-22)38-2;3-2(4,5)1(6)7/h6-8,10-18,28H,3-5,9,19-20H2,1-2H3,(H,33,37)(H,35,36)(H4,31,32,34);(H,6,7)/t28-;/m0./s1. The van der Waals surface area contributed by atoms with Crippen LogP contribution in [0.4, 0.5) is 18.9 Å². The Morgan fingerprint density at radius 2 is 1.59 bits per heavy atom. The number of aliphatic carboxylic acids is 1. The molecule has 0 saturated carbocycles. The number of alkyl halides is 3. The predicted octanol–water partition coefficient (Wildman–Crippen LogP) is 4.87. The number of ether oxygens (including phenoxy) is 2. The lowest BCUT2D eigenvalue weighted by Crippen LogP contribution is -2.40. The molecule has 0 heterocycles. The van der Waals surface area contributed by atoms with E-state index in [1.54, 1.807) is 43.5 Å². The zero-order valence-corrected chi connectivity index (χ0v) is 25.5. The van der Waals surface area contributed by atoms with Gasteiger partial charge < -0.3 is 36.7 Å². The van der Waals surface area contributed by atoms with Crippen molar-refractivity contribution in [3.63, 3.8) is 0 Å². The van der Waals surface area contributed by atoms with E-state index >= 15 is 0 Å². The Bertz CT molecular complexity index is 1440. The van der Waals surface area contributed by atoms with Crippen molar-refractivity contribution in [3.05, 3.63) is 89.5 Å². The van der Waals surface area contributed by atoms with E-state index in [1.165, 1.54) is 0 Å². The van der Waals surface area contributed by atoms with Gasteiger partial charge in [-0.3, -0.25) is 9.59 Å². The molecule has 0 bridgehead atoms. The highest BCUT2D eigenvalue weighted by atomic mass is 19.4. The number of hydrogen-bond acceptors (Lipinski definition) is 6. The molecule has 0 fully saturated rings. The van der Waals surface area contributed by atoms with E-state index < -0.39 is 18.2 Å². The van der Waals surface area contributed by atoms with Gasteiger partial charge in [-0.15, -0.1) is 0 Å². The summed E-state index contributed by atoms with van der Waals surface area (Å²) in [7, 11) is 1.62. The second-order valence-electron chi connectivity index (χ2n) is 9.89. The summed E-state index contributed by atoms with van der Waals surface area (Å²) in [5.74, 6) is -1.84. The number of unbranched alkanes of at least 4 members (excludes halogenated alkanes) is 2. The van der Waals surface area contributed by atoms with Gasteiger partial charge in [-0.2, -0.15) is 13.2 Å². The summed E-state index contributed by atoms with van der Waals surface area (Å²) < 4.78 is 42.9. The van der Waals surface area contributed by atoms with Crippen LogP contribution in [-0.4, -0.2) is 42.1 Å². The van der Waals surface area contributed by atoms with Crippen LogP contribution in [0.1, 0.15) is 55.3 Å². The number of methoxy groups -OCH3 is 1. The quantitative estimate of drug-likeness (QED) is 0.0937. The van der Waals surface area contributed by atoms with Crippen LogP contribution in [0.25, 0.3) is 0 Å². The van der Waals surface area contributed by atoms with Crippen molar-refractivity contribution in [2.45, 2.75) is 58.0 Å². The molecule has 0 aliphatic rings. The van der Waals surface area contributed by atoms with Crippen molar-refractivity contribution in [1.29, 1.82) is 0 Å². The van der Waals surface area contributed by atoms with E-state index in [0.29, 0.717) is 30.0 Å². The molecular formula is C32H38F3N5O6. The molecule has 0 unspecified atom stereocenters. The molecule has 0 aliphatic carbocycles. The van der Waals surface area contributed by atoms with Crippen LogP contribution in [0.5, 0.6) is 11.5 Å². The summed E-state index contributed by atoms with van der Waals surface area (Å²) in [5, 5.41) is 12.9. The third kappa shape index (κ3) is 13.6. The number of hydrogen-bond donors (Lipinski definition) is 5. The second-order valence-corrected chi connectivity index (χ2v) is 9.89. The van der Waals surface area contributed by atoms with Gasteiger partial charge in [0.05, 0.1) is 12.8 Å². The highest BCUT2D eigenvalue weighted by molar-refractivity contribution is 5.88. The molecule has 1 atom stereocenters. The molecular weight excluding hydrogens is 607 g/mol. The number of carbonyl (C=O) groups is 3. The van der Waals surface area contributed by atoms with E-state index in [9.17, 15) is 22.8 Å². The van der Waals surface area contributed by atoms with E-state index in [1.807, 2.05) is 36.4 Å². The zero-order valence-electron chi connectivity index (χ0n) is 25.5. The van der Waals surface area contributed by atoms with E-state index in [0.717, 1.165) is 36.1 Å². The van der Waals surface area contributed by atoms with Gasteiger partial charge >= 0.3 is 12.1 Å². The van der Waals surface area contributed by atoms with Gasteiger partial charge in [0.2, 0.25) is 11.8 Å². The summed E-state index contributed by atoms with van der Waals surface area (Å²) in [5.41, 5.74) is 14.0. The maximum absolute atomic E-state index is 13.2. The number of nitrogens with two attached hydrogens (primary N) is 2. The van der Waals surface area contributed by atoms with Crippen LogP contribution in [0.3, 0.4) is 0 Å². The Kier molecular flexibility index (Phi) is 14.9. The van der Waals surface area contributed by atoms with Crippen LogP contribution >= 0.6 is 0 Å². The first-order chi connectivity index (χ1) is 21.8. The van der Waals surface area contributed by atoms with Crippen molar-refractivity contribution in [2.75, 3.05) is 7.11 Å². The lowest BCUT2D eigenvalue weighted by atomic mass is 10.0. The van der Waals surface area contributed by atoms with Crippen LogP contribution in [0, 0.1) is 0 Å². The Hall–Kier alpha value is -5.27. The number of carbonyl (C=O) groups excluding carboxylic acids is 2. The van der Waals surface area contributed by atoms with Crippen LogP contribution < -0.4 is 31.6 Å². The largest absolute Gasteiger partial charge is 0.497 e. The lowest BCUT2D eigenvalue weighted by molar-refractivity contribution is -0.192. The van der Waals surface area contributed by atoms with Crippen LogP contribution in [0.15, 0.2) is 77.8 Å². The number of nitrogens with one attached hydrogen (secondary N) is 2. The fourth-order valence-electron chi connectivity index (χ4n) is 3.88. The predicted molar refractivity (Wildman–Crippen MR) is 166 cm³/mol. The fraction of sp³-hybridized carbons (Fsp3) is 0.312. The molecule has 0 aliphatic heterocycles. The molecule has 248 valence electrons. The van der Waals surface area contributed by atoms with Crippen molar-refractivity contribution in [3.8, 4) is 11.5 Å². The lowest BCUT2D eigenvalue weighted by Gasteiger charge is -2.19. The average molecular weight is 646 g/mol. The Balaban J connectivity index is 0.000000942. The van der Waals surface area contributed by atoms with Crippen molar-refractivity contribution < 1.29 is 42.1 Å². The fourth-order valence-corrected chi connectivity index (χ4v) is 3.88. The molecule has 0 saturated heterocycles. The summed E-state index contributed by atoms with van der Waals surface area (Å²) >= 11 is 0. The van der Waals surface area contributed by atoms with Gasteiger partial charge in [0.15, 0.2) is 5.96 Å². The minimum Gasteiger partial charge on any atom is -0.497 e. The monoisotopic (exact) mass is 645 g/mol. The topological polar surface area (TPSA) is 178 Å². The number of halogens is 3. The SMILES string of the molecule is CCCCCC(=O)N[C@H](C(=O)NCc1ccc(N=C(N)N)cc1)c1ccc(OCc2cccc(OC)c2)cc1.O=C(O)C(F)(F)F. The number of guanidine groups is 1. The zero-order chi connectivity index (χ0) is 34.1. The van der Waals surface area contributed by atoms with Crippen molar-refractivity contribution in [2.24, 2.45) is 16.5 Å². The molecule has 46 heavy (non-hydrogen) atoms. The second kappa shape index (κ2) is 18.5. The average Bonchev–Trinajstić information content (AvgIpc) is 3.02. The molecule has 3 aromatic rings. The molecule has 3 rings (SSSR count). The number of nitrogens with zero attached hydrogens (tertiary/aromatic N) is 1. The Morgan fingerprint density at radius 3 is 2.15 bits per heavy atom. The summed E-state index contributed by atoms with van der Waals surface area (Å²) in [6.45, 7) is 2.73. The van der Waals surface area contributed by atoms with Crippen molar-refractivity contribution >= 4 is 29.4 Å². The minimum absolute atomic E-state index is 0.0229. The molecule has 14 heteroatoms. The molecule has 0 aromatic heterocycles. The number of amides is 2. The number of carboxylic acids is 1. The molecule has 0 radical (unpaired) electrons. The number of aliphatic imine (C=N–C) groups is 1. The number of rotatable bonds is 14. The third-order valence-corrected chi connectivity index (χ3v) is 6.23. The Morgan fingerprint density at radius 1 is 0.935 bits per heavy atom. The first kappa shape index (κ1) is 36.9. The van der Waals surface area contributed by atoms with Gasteiger partial charge in [0, 0.05) is 13.0 Å². The van der Waals surface area contributed by atoms with Gasteiger partial charge in [-0.05, 0) is 59.5 Å². The van der Waals surface area contributed by atoms with Crippen molar-refractivity contribution in [1.82, 2.24) is 10.6 Å². The van der Waals surface area contributed by atoms with Gasteiger partial charge in [-0.25, -0.2) is 9.79 Å². The first-order valence-corrected chi connectivity index (χ1v) is 14.2. The number of benzene rings is 3. The number of carboxylic acid groups (broad SMARTS) is 1. The van der Waals surface area contributed by atoms with Gasteiger partial charge in [0.1, 0.15) is 24.1 Å². The molecule has 11 nitrogen and oxygen atoms in total. The maximum Gasteiger partial charge on any atom is 0.490 e. The van der Waals surface area contributed by atoms with Gasteiger partial charge in [-0.1, -0.05) is 56.2 Å². The smallest absolute Gasteiger partial charge is 0.490 e. The molecule has 0 spiro atoms. The molecule has 7 N–H and O–H groups in total. The normalized spacial score (nSPS) is 11.2. The van der Waals surface area contributed by atoms with Crippen LogP contribution in [0.2, 0.25) is 0 Å². The Labute approximate surface area is 264 Å². The van der Waals surface area contributed by atoms with E-state index in [2.05, 4.69) is 22.5 Å². The highest BCUT2D eigenvalue weighted by Gasteiger charge is 2.38. The van der Waals surface area contributed by atoms with Gasteiger partial charge in [0.25, 0.3) is 0 Å². The maximum atomic E-state index is 13.2. The van der Waals surface area contributed by atoms with E-state index in [-0.39, 0.29) is 24.3 Å². The summed E-state index contributed by atoms with van der Waals surface area (Å²) in [4.78, 5) is 38.7. The molecule has 2 amide bonds. The van der Waals surface area contributed by atoms with E-state index in [4.69, 9.17) is 30.8 Å². The summed E-state index contributed by atoms with van der Waals surface area (Å²) in [6.07, 6.45) is -1.97. The first-order valence-electron chi connectivity index (χ1n) is 14.2. The van der Waals surface area contributed by atoms with Crippen LogP contribution in [-0.2, 0) is 27.5 Å². The molecule has 3 aromatic carbocycles. The minimum atomic E-state index is -5.08.